The number of aromatic nitrogens is 4. The monoisotopic (exact) mass is 401 g/mol. The zero-order chi connectivity index (χ0) is 20.7. The SMILES string of the molecule is O=C(NCc1ccc2[nH]c(=O)[nH]c2c1)c1cccc2c1cnn2-c1ccc(F)cc1. The quantitative estimate of drug-likeness (QED) is 0.431. The van der Waals surface area contributed by atoms with E-state index in [1.807, 2.05) is 18.2 Å². The standard InChI is InChI=1S/C22H16FN5O2/c23-14-5-7-15(8-6-14)28-20-3-1-2-16(17(20)12-25-28)21(29)24-11-13-4-9-18-19(10-13)27-22(30)26-18/h1-10,12H,11H2,(H,24,29)(H2,26,27,30). The third-order valence-electron chi connectivity index (χ3n) is 4.96. The van der Waals surface area contributed by atoms with Crippen molar-refractivity contribution in [3.63, 3.8) is 0 Å². The van der Waals surface area contributed by atoms with Gasteiger partial charge in [-0.15, -0.1) is 0 Å². The molecule has 5 rings (SSSR count). The summed E-state index contributed by atoms with van der Waals surface area (Å²) in [5.41, 5.74) is 3.95. The molecule has 0 saturated heterocycles. The highest BCUT2D eigenvalue weighted by atomic mass is 19.1. The maximum atomic E-state index is 13.2. The lowest BCUT2D eigenvalue weighted by Crippen LogP contribution is -2.22. The van der Waals surface area contributed by atoms with Crippen molar-refractivity contribution in [2.24, 2.45) is 0 Å². The number of fused-ring (bicyclic) bond motifs is 2. The van der Waals surface area contributed by atoms with Crippen LogP contribution >= 0.6 is 0 Å². The van der Waals surface area contributed by atoms with Crippen molar-refractivity contribution < 1.29 is 9.18 Å². The van der Waals surface area contributed by atoms with Crippen molar-refractivity contribution in [2.75, 3.05) is 0 Å². The molecule has 0 unspecified atom stereocenters. The summed E-state index contributed by atoms with van der Waals surface area (Å²) in [6, 6.07) is 16.9. The van der Waals surface area contributed by atoms with Crippen molar-refractivity contribution in [1.82, 2.24) is 25.1 Å². The van der Waals surface area contributed by atoms with Crippen LogP contribution in [0.2, 0.25) is 0 Å². The second-order valence-corrected chi connectivity index (χ2v) is 6.91. The smallest absolute Gasteiger partial charge is 0.323 e. The fourth-order valence-corrected chi connectivity index (χ4v) is 3.50. The molecule has 0 atom stereocenters. The summed E-state index contributed by atoms with van der Waals surface area (Å²) in [6.07, 6.45) is 1.63. The molecule has 0 fully saturated rings. The summed E-state index contributed by atoms with van der Waals surface area (Å²) in [6.45, 7) is 0.310. The number of nitrogens with one attached hydrogen (secondary N) is 3. The van der Waals surface area contributed by atoms with E-state index in [9.17, 15) is 14.0 Å². The first-order chi connectivity index (χ1) is 14.6. The summed E-state index contributed by atoms with van der Waals surface area (Å²) < 4.78 is 14.9. The Morgan fingerprint density at radius 3 is 2.67 bits per heavy atom. The van der Waals surface area contributed by atoms with Gasteiger partial charge in [0.2, 0.25) is 0 Å². The van der Waals surface area contributed by atoms with Crippen LogP contribution < -0.4 is 11.0 Å². The van der Waals surface area contributed by atoms with Crippen LogP contribution in [0.1, 0.15) is 15.9 Å². The van der Waals surface area contributed by atoms with Crippen LogP contribution in [0.15, 0.2) is 71.7 Å². The Labute approximate surface area is 169 Å². The Morgan fingerprint density at radius 1 is 1.03 bits per heavy atom. The molecule has 5 aromatic rings. The van der Waals surface area contributed by atoms with Crippen LogP contribution in [0.25, 0.3) is 27.6 Å². The Morgan fingerprint density at radius 2 is 1.83 bits per heavy atom. The van der Waals surface area contributed by atoms with E-state index in [1.54, 1.807) is 41.2 Å². The average Bonchev–Trinajstić information content (AvgIpc) is 3.34. The van der Waals surface area contributed by atoms with Crippen molar-refractivity contribution in [2.45, 2.75) is 6.54 Å². The van der Waals surface area contributed by atoms with E-state index in [4.69, 9.17) is 0 Å². The number of aromatic amines is 2. The van der Waals surface area contributed by atoms with Crippen molar-refractivity contribution in [3.8, 4) is 5.69 Å². The molecule has 0 radical (unpaired) electrons. The van der Waals surface area contributed by atoms with Crippen molar-refractivity contribution in [1.29, 1.82) is 0 Å². The van der Waals surface area contributed by atoms with Crippen molar-refractivity contribution in [3.05, 3.63) is 94.3 Å². The zero-order valence-corrected chi connectivity index (χ0v) is 15.6. The van der Waals surface area contributed by atoms with Crippen LogP contribution in [0.3, 0.4) is 0 Å². The molecule has 0 aliphatic rings. The predicted octanol–water partition coefficient (Wildman–Crippen LogP) is 3.26. The molecular weight excluding hydrogens is 385 g/mol. The molecule has 148 valence electrons. The molecule has 0 aliphatic heterocycles. The number of hydrogen-bond acceptors (Lipinski definition) is 3. The minimum absolute atomic E-state index is 0.234. The number of amides is 1. The Balaban J connectivity index is 1.41. The molecule has 0 spiro atoms. The van der Waals surface area contributed by atoms with E-state index in [0.717, 1.165) is 11.1 Å². The molecule has 0 bridgehead atoms. The van der Waals surface area contributed by atoms with Crippen LogP contribution in [-0.2, 0) is 6.54 Å². The van der Waals surface area contributed by atoms with E-state index >= 15 is 0 Å². The van der Waals surface area contributed by atoms with Gasteiger partial charge in [-0.2, -0.15) is 5.10 Å². The van der Waals surface area contributed by atoms with Gasteiger partial charge in [-0.25, -0.2) is 13.9 Å². The van der Waals surface area contributed by atoms with Crippen LogP contribution in [0.5, 0.6) is 0 Å². The van der Waals surface area contributed by atoms with Crippen LogP contribution in [-0.4, -0.2) is 25.7 Å². The average molecular weight is 401 g/mol. The number of hydrogen-bond donors (Lipinski definition) is 3. The molecule has 0 aliphatic carbocycles. The Bertz CT molecular complexity index is 1450. The Kier molecular flexibility index (Phi) is 4.17. The molecule has 30 heavy (non-hydrogen) atoms. The minimum atomic E-state index is -0.322. The van der Waals surface area contributed by atoms with Gasteiger partial charge in [0.15, 0.2) is 0 Å². The third-order valence-corrected chi connectivity index (χ3v) is 4.96. The fraction of sp³-hybridized carbons (Fsp3) is 0.0455. The van der Waals surface area contributed by atoms with Gasteiger partial charge in [-0.3, -0.25) is 4.79 Å². The van der Waals surface area contributed by atoms with Gasteiger partial charge in [0.05, 0.1) is 34.0 Å². The third kappa shape index (κ3) is 3.14. The molecule has 0 saturated carbocycles. The van der Waals surface area contributed by atoms with Crippen molar-refractivity contribution >= 4 is 27.8 Å². The van der Waals surface area contributed by atoms with E-state index in [1.165, 1.54) is 12.1 Å². The first-order valence-electron chi connectivity index (χ1n) is 9.30. The van der Waals surface area contributed by atoms with E-state index in [-0.39, 0.29) is 17.4 Å². The second-order valence-electron chi connectivity index (χ2n) is 6.91. The lowest BCUT2D eigenvalue weighted by molar-refractivity contribution is 0.0952. The van der Waals surface area contributed by atoms with Crippen LogP contribution in [0, 0.1) is 5.82 Å². The van der Waals surface area contributed by atoms with E-state index in [2.05, 4.69) is 20.4 Å². The fourth-order valence-electron chi connectivity index (χ4n) is 3.50. The van der Waals surface area contributed by atoms with Gasteiger partial charge in [0.1, 0.15) is 5.82 Å². The molecule has 2 aromatic heterocycles. The maximum Gasteiger partial charge on any atom is 0.323 e. The normalized spacial score (nSPS) is 11.2. The topological polar surface area (TPSA) is 95.6 Å². The minimum Gasteiger partial charge on any atom is -0.348 e. The zero-order valence-electron chi connectivity index (χ0n) is 15.6. The summed E-state index contributed by atoms with van der Waals surface area (Å²) in [5.74, 6) is -0.556. The summed E-state index contributed by atoms with van der Waals surface area (Å²) in [5, 5.41) is 7.98. The highest BCUT2D eigenvalue weighted by molar-refractivity contribution is 6.06. The molecule has 2 heterocycles. The molecule has 3 N–H and O–H groups in total. The number of rotatable bonds is 4. The molecule has 7 nitrogen and oxygen atoms in total. The predicted molar refractivity (Wildman–Crippen MR) is 111 cm³/mol. The highest BCUT2D eigenvalue weighted by Gasteiger charge is 2.14. The lowest BCUT2D eigenvalue weighted by Gasteiger charge is -2.08. The van der Waals surface area contributed by atoms with Gasteiger partial charge < -0.3 is 15.3 Å². The summed E-state index contributed by atoms with van der Waals surface area (Å²) >= 11 is 0. The molecule has 1 amide bonds. The molecule has 3 aromatic carbocycles. The van der Waals surface area contributed by atoms with Gasteiger partial charge in [-0.05, 0) is 54.1 Å². The van der Waals surface area contributed by atoms with Crippen LogP contribution in [0.4, 0.5) is 4.39 Å². The molecule has 8 heteroatoms. The van der Waals surface area contributed by atoms with Gasteiger partial charge in [0, 0.05) is 11.9 Å². The first-order valence-corrected chi connectivity index (χ1v) is 9.30. The number of carbonyl (C=O) groups is 1. The number of H-pyrrole nitrogens is 2. The van der Waals surface area contributed by atoms with Gasteiger partial charge in [0.25, 0.3) is 5.91 Å². The van der Waals surface area contributed by atoms with E-state index < -0.39 is 0 Å². The second kappa shape index (κ2) is 7.00. The number of carbonyl (C=O) groups excluding carboxylic acids is 1. The number of halogens is 1. The van der Waals surface area contributed by atoms with Gasteiger partial charge in [-0.1, -0.05) is 12.1 Å². The largest absolute Gasteiger partial charge is 0.348 e. The summed E-state index contributed by atoms with van der Waals surface area (Å²) in [7, 11) is 0. The highest BCUT2D eigenvalue weighted by Crippen LogP contribution is 2.22. The maximum absolute atomic E-state index is 13.2. The van der Waals surface area contributed by atoms with Gasteiger partial charge >= 0.3 is 5.69 Å². The number of imidazole rings is 1. The number of benzene rings is 3. The molecular formula is C22H16FN5O2. The summed E-state index contributed by atoms with van der Waals surface area (Å²) in [4.78, 5) is 29.6. The van der Waals surface area contributed by atoms with E-state index in [0.29, 0.717) is 34.2 Å². The lowest BCUT2D eigenvalue weighted by atomic mass is 10.1. The first kappa shape index (κ1) is 17.9. The number of nitrogens with zero attached hydrogens (tertiary/aromatic N) is 2. The Hall–Kier alpha value is -4.20.